The number of fused-ring (bicyclic) bond motifs is 1. The predicted molar refractivity (Wildman–Crippen MR) is 91.0 cm³/mol. The zero-order valence-electron chi connectivity index (χ0n) is 12.6. The van der Waals surface area contributed by atoms with Crippen LogP contribution in [0.4, 0.5) is 4.39 Å². The van der Waals surface area contributed by atoms with E-state index in [4.69, 9.17) is 4.74 Å². The fourth-order valence-corrected chi connectivity index (χ4v) is 2.57. The van der Waals surface area contributed by atoms with Gasteiger partial charge < -0.3 is 4.74 Å². The minimum Gasteiger partial charge on any atom is -0.402 e. The summed E-state index contributed by atoms with van der Waals surface area (Å²) in [7, 11) is 0. The summed E-state index contributed by atoms with van der Waals surface area (Å²) in [5.41, 5.74) is 1.63. The highest BCUT2D eigenvalue weighted by atomic mass is 19.1. The van der Waals surface area contributed by atoms with Crippen LogP contribution in [0.2, 0.25) is 0 Å². The zero-order chi connectivity index (χ0) is 16.5. The van der Waals surface area contributed by atoms with Gasteiger partial charge in [0, 0.05) is 5.56 Å². The number of halogens is 1. The van der Waals surface area contributed by atoms with E-state index in [0.29, 0.717) is 5.56 Å². The van der Waals surface area contributed by atoms with Crippen LogP contribution in [0.3, 0.4) is 0 Å². The highest BCUT2D eigenvalue weighted by molar-refractivity contribution is 6.13. The van der Waals surface area contributed by atoms with Gasteiger partial charge >= 0.3 is 5.97 Å². The Kier molecular flexibility index (Phi) is 3.43. The van der Waals surface area contributed by atoms with E-state index in [1.54, 1.807) is 18.2 Å². The third kappa shape index (κ3) is 2.70. The number of hydrogen-bond donors (Lipinski definition) is 0. The number of hydrogen-bond acceptors (Lipinski definition) is 3. The minimum absolute atomic E-state index is 0.199. The second-order valence-corrected chi connectivity index (χ2v) is 5.45. The molecular formula is C20H12FNO2. The van der Waals surface area contributed by atoms with Gasteiger partial charge in [-0.05, 0) is 46.7 Å². The molecule has 0 saturated heterocycles. The van der Waals surface area contributed by atoms with Crippen molar-refractivity contribution in [1.29, 1.82) is 0 Å². The van der Waals surface area contributed by atoms with Crippen LogP contribution in [-0.2, 0) is 9.53 Å². The fourth-order valence-electron chi connectivity index (χ4n) is 2.57. The van der Waals surface area contributed by atoms with E-state index >= 15 is 0 Å². The molecule has 0 spiro atoms. The van der Waals surface area contributed by atoms with E-state index < -0.39 is 5.97 Å². The first-order chi connectivity index (χ1) is 11.7. The first kappa shape index (κ1) is 14.3. The van der Waals surface area contributed by atoms with Gasteiger partial charge in [0.2, 0.25) is 5.90 Å². The molecular weight excluding hydrogens is 305 g/mol. The lowest BCUT2D eigenvalue weighted by Gasteiger charge is -2.02. The Labute approximate surface area is 137 Å². The van der Waals surface area contributed by atoms with Gasteiger partial charge in [-0.1, -0.05) is 42.5 Å². The summed E-state index contributed by atoms with van der Waals surface area (Å²) in [6.07, 6.45) is 1.58. The van der Waals surface area contributed by atoms with Crippen molar-refractivity contribution in [3.8, 4) is 0 Å². The highest BCUT2D eigenvalue weighted by Gasteiger charge is 2.24. The van der Waals surface area contributed by atoms with Gasteiger partial charge in [0.25, 0.3) is 0 Å². The molecule has 24 heavy (non-hydrogen) atoms. The Bertz CT molecular complexity index is 1000. The van der Waals surface area contributed by atoms with Gasteiger partial charge in [-0.25, -0.2) is 14.2 Å². The number of ether oxygens (including phenoxy) is 1. The lowest BCUT2D eigenvalue weighted by molar-refractivity contribution is -0.129. The van der Waals surface area contributed by atoms with Crippen LogP contribution in [0, 0.1) is 5.82 Å². The molecule has 3 nitrogen and oxygen atoms in total. The Hall–Kier alpha value is -3.27. The molecule has 0 radical (unpaired) electrons. The number of esters is 1. The first-order valence-corrected chi connectivity index (χ1v) is 7.46. The molecule has 3 aromatic rings. The van der Waals surface area contributed by atoms with Crippen molar-refractivity contribution < 1.29 is 13.9 Å². The SMILES string of the molecule is O=C1OC(c2ccc3ccccc3c2)=NC1=Cc1ccc(F)cc1. The number of cyclic esters (lactones) is 1. The van der Waals surface area contributed by atoms with Gasteiger partial charge in [0.15, 0.2) is 5.70 Å². The van der Waals surface area contributed by atoms with Crippen molar-refractivity contribution >= 4 is 28.7 Å². The first-order valence-electron chi connectivity index (χ1n) is 7.46. The van der Waals surface area contributed by atoms with Crippen molar-refractivity contribution in [2.24, 2.45) is 4.99 Å². The van der Waals surface area contributed by atoms with Gasteiger partial charge in [0.05, 0.1) is 0 Å². The number of nitrogens with zero attached hydrogens (tertiary/aromatic N) is 1. The van der Waals surface area contributed by atoms with E-state index in [2.05, 4.69) is 4.99 Å². The molecule has 0 saturated carbocycles. The van der Waals surface area contributed by atoms with Crippen molar-refractivity contribution in [2.45, 2.75) is 0 Å². The molecule has 0 aliphatic carbocycles. The van der Waals surface area contributed by atoms with E-state index in [0.717, 1.165) is 16.3 Å². The van der Waals surface area contributed by atoms with Crippen LogP contribution < -0.4 is 0 Å². The molecule has 1 aliphatic rings. The summed E-state index contributed by atoms with van der Waals surface area (Å²) in [5.74, 6) is -0.562. The standard InChI is InChI=1S/C20H12FNO2/c21-17-9-5-13(6-10-17)11-18-20(23)24-19(22-18)16-8-7-14-3-1-2-4-15(14)12-16/h1-12H. The lowest BCUT2D eigenvalue weighted by atomic mass is 10.1. The molecule has 0 fully saturated rings. The predicted octanol–water partition coefficient (Wildman–Crippen LogP) is 4.32. The van der Waals surface area contributed by atoms with Crippen LogP contribution in [0.1, 0.15) is 11.1 Å². The maximum atomic E-state index is 12.9. The quantitative estimate of drug-likeness (QED) is 0.521. The van der Waals surface area contributed by atoms with Gasteiger partial charge in [-0.3, -0.25) is 0 Å². The van der Waals surface area contributed by atoms with Crippen LogP contribution in [0.5, 0.6) is 0 Å². The molecule has 1 heterocycles. The Morgan fingerprint density at radius 3 is 2.46 bits per heavy atom. The molecule has 0 amide bonds. The monoisotopic (exact) mass is 317 g/mol. The van der Waals surface area contributed by atoms with Crippen molar-refractivity contribution in [3.63, 3.8) is 0 Å². The molecule has 0 unspecified atom stereocenters. The third-order valence-electron chi connectivity index (χ3n) is 3.79. The molecule has 4 rings (SSSR count). The smallest absolute Gasteiger partial charge is 0.363 e. The summed E-state index contributed by atoms with van der Waals surface area (Å²) in [6.45, 7) is 0. The molecule has 4 heteroatoms. The topological polar surface area (TPSA) is 38.7 Å². The normalized spacial score (nSPS) is 15.6. The van der Waals surface area contributed by atoms with Gasteiger partial charge in [0.1, 0.15) is 5.82 Å². The third-order valence-corrected chi connectivity index (χ3v) is 3.79. The second-order valence-electron chi connectivity index (χ2n) is 5.45. The summed E-state index contributed by atoms with van der Waals surface area (Å²) in [4.78, 5) is 16.3. The molecule has 116 valence electrons. The Morgan fingerprint density at radius 1 is 0.917 bits per heavy atom. The maximum Gasteiger partial charge on any atom is 0.363 e. The molecule has 0 aromatic heterocycles. The van der Waals surface area contributed by atoms with Gasteiger partial charge in [-0.15, -0.1) is 0 Å². The fraction of sp³-hybridized carbons (Fsp3) is 0. The number of rotatable bonds is 2. The van der Waals surface area contributed by atoms with Crippen molar-refractivity contribution in [1.82, 2.24) is 0 Å². The largest absolute Gasteiger partial charge is 0.402 e. The van der Waals surface area contributed by atoms with Crippen LogP contribution in [0.15, 0.2) is 77.4 Å². The average Bonchev–Trinajstić information content (AvgIpc) is 2.97. The van der Waals surface area contributed by atoms with E-state index in [9.17, 15) is 9.18 Å². The number of aliphatic imine (C=N–C) groups is 1. The maximum absolute atomic E-state index is 12.9. The van der Waals surface area contributed by atoms with Crippen LogP contribution >= 0.6 is 0 Å². The number of carbonyl (C=O) groups excluding carboxylic acids is 1. The number of carbonyl (C=O) groups is 1. The Balaban J connectivity index is 1.70. The van der Waals surface area contributed by atoms with Crippen molar-refractivity contribution in [2.75, 3.05) is 0 Å². The van der Waals surface area contributed by atoms with Crippen LogP contribution in [-0.4, -0.2) is 11.9 Å². The highest BCUT2D eigenvalue weighted by Crippen LogP contribution is 2.22. The van der Waals surface area contributed by atoms with Crippen LogP contribution in [0.25, 0.3) is 16.8 Å². The second kappa shape index (κ2) is 5.74. The molecule has 0 bridgehead atoms. The molecule has 0 atom stereocenters. The molecule has 1 aliphatic heterocycles. The minimum atomic E-state index is -0.512. The summed E-state index contributed by atoms with van der Waals surface area (Å²) < 4.78 is 18.2. The van der Waals surface area contributed by atoms with E-state index in [-0.39, 0.29) is 17.4 Å². The van der Waals surface area contributed by atoms with Crippen molar-refractivity contribution in [3.05, 3.63) is 89.4 Å². The summed E-state index contributed by atoms with van der Waals surface area (Å²) in [6, 6.07) is 19.5. The van der Waals surface area contributed by atoms with Gasteiger partial charge in [-0.2, -0.15) is 0 Å². The van der Waals surface area contributed by atoms with E-state index in [1.807, 2.05) is 42.5 Å². The summed E-state index contributed by atoms with van der Waals surface area (Å²) >= 11 is 0. The zero-order valence-corrected chi connectivity index (χ0v) is 12.6. The Morgan fingerprint density at radius 2 is 1.67 bits per heavy atom. The lowest BCUT2D eigenvalue weighted by Crippen LogP contribution is -2.05. The molecule has 3 aromatic carbocycles. The number of benzene rings is 3. The molecule has 0 N–H and O–H groups in total. The summed E-state index contributed by atoms with van der Waals surface area (Å²) in [5, 5.41) is 2.15. The van der Waals surface area contributed by atoms with E-state index in [1.165, 1.54) is 12.1 Å². The average molecular weight is 317 g/mol.